The molecule has 210 valence electrons. The summed E-state index contributed by atoms with van der Waals surface area (Å²) in [6, 6.07) is 10.4. The second kappa shape index (κ2) is 11.6. The highest BCUT2D eigenvalue weighted by Crippen LogP contribution is 2.36. The Hall–Kier alpha value is -2.65. The number of sulfonamides is 2. The molecule has 0 bridgehead atoms. The molecule has 14 heteroatoms. The van der Waals surface area contributed by atoms with Crippen LogP contribution in [0.25, 0.3) is 0 Å². The van der Waals surface area contributed by atoms with Crippen molar-refractivity contribution in [3.8, 4) is 5.75 Å². The normalized spacial score (nSPS) is 19.3. The summed E-state index contributed by atoms with van der Waals surface area (Å²) in [5.74, 6) is -0.283. The van der Waals surface area contributed by atoms with Crippen molar-refractivity contribution < 1.29 is 36.0 Å². The highest BCUT2D eigenvalue weighted by molar-refractivity contribution is 7.91. The monoisotopic (exact) mass is 570 g/mol. The van der Waals surface area contributed by atoms with E-state index in [9.17, 15) is 26.8 Å². The molecule has 1 aromatic heterocycles. The molecule has 0 atom stereocenters. The number of carbonyl (C=O) groups excluding carboxylic acids is 1. The van der Waals surface area contributed by atoms with Gasteiger partial charge in [0.05, 0.1) is 12.9 Å². The molecule has 0 unspecified atom stereocenters. The van der Waals surface area contributed by atoms with Crippen LogP contribution in [0.15, 0.2) is 52.2 Å². The van der Waals surface area contributed by atoms with E-state index in [1.54, 1.807) is 0 Å². The van der Waals surface area contributed by atoms with Crippen LogP contribution in [0, 0.1) is 0 Å². The van der Waals surface area contributed by atoms with Crippen molar-refractivity contribution in [2.75, 3.05) is 50.8 Å². The van der Waals surface area contributed by atoms with Gasteiger partial charge in [0, 0.05) is 45.0 Å². The number of hydrogen-bond donors (Lipinski definition) is 2. The number of carbonyl (C=O) groups is 1. The predicted octanol–water partition coefficient (Wildman–Crippen LogP) is 1.64. The predicted molar refractivity (Wildman–Crippen MR) is 139 cm³/mol. The van der Waals surface area contributed by atoms with Gasteiger partial charge >= 0.3 is 0 Å². The van der Waals surface area contributed by atoms with Gasteiger partial charge in [-0.15, -0.1) is 0 Å². The number of amides is 1. The number of hydroxylamine groups is 1. The van der Waals surface area contributed by atoms with Gasteiger partial charge in [-0.3, -0.25) is 10.0 Å². The van der Waals surface area contributed by atoms with Gasteiger partial charge < -0.3 is 14.1 Å². The molecule has 2 saturated heterocycles. The zero-order valence-electron chi connectivity index (χ0n) is 21.3. The van der Waals surface area contributed by atoms with Crippen LogP contribution in [0.4, 0.5) is 5.69 Å². The fraction of sp³-hybridized carbons (Fsp3) is 0.542. The second-order valence-corrected chi connectivity index (χ2v) is 13.5. The lowest BCUT2D eigenvalue weighted by atomic mass is 9.96. The Labute approximate surface area is 223 Å². The molecule has 2 N–H and O–H groups in total. The van der Waals surface area contributed by atoms with Crippen molar-refractivity contribution in [1.29, 1.82) is 0 Å². The van der Waals surface area contributed by atoms with E-state index in [2.05, 4.69) is 11.8 Å². The number of ether oxygens (including phenoxy) is 1. The summed E-state index contributed by atoms with van der Waals surface area (Å²) in [4.78, 5) is 14.9. The SMILES string of the molecule is CCCCOc1ccc(N2CCN(S(=O)(=O)C3(C(=O)NO)CCN(S(=O)(=O)c4ccco4)CC3)CC2)cc1. The van der Waals surface area contributed by atoms with Crippen molar-refractivity contribution in [1.82, 2.24) is 14.1 Å². The number of rotatable bonds is 10. The van der Waals surface area contributed by atoms with E-state index in [0.717, 1.165) is 28.6 Å². The first-order valence-electron chi connectivity index (χ1n) is 12.6. The number of benzene rings is 1. The molecule has 0 aliphatic carbocycles. The third-order valence-electron chi connectivity index (χ3n) is 7.18. The van der Waals surface area contributed by atoms with Gasteiger partial charge in [-0.1, -0.05) is 13.3 Å². The first-order chi connectivity index (χ1) is 18.2. The third-order valence-corrected chi connectivity index (χ3v) is 11.6. The zero-order valence-corrected chi connectivity index (χ0v) is 22.9. The third kappa shape index (κ3) is 5.41. The molecule has 38 heavy (non-hydrogen) atoms. The van der Waals surface area contributed by atoms with Crippen molar-refractivity contribution >= 4 is 31.6 Å². The highest BCUT2D eigenvalue weighted by atomic mass is 32.2. The number of furan rings is 1. The van der Waals surface area contributed by atoms with Crippen LogP contribution in [0.5, 0.6) is 5.75 Å². The van der Waals surface area contributed by atoms with E-state index < -0.39 is 30.7 Å². The van der Waals surface area contributed by atoms with Crippen LogP contribution >= 0.6 is 0 Å². The number of piperidine rings is 1. The van der Waals surface area contributed by atoms with E-state index in [1.165, 1.54) is 28.2 Å². The van der Waals surface area contributed by atoms with Gasteiger partial charge in [-0.2, -0.15) is 8.61 Å². The van der Waals surface area contributed by atoms with Crippen LogP contribution < -0.4 is 15.1 Å². The van der Waals surface area contributed by atoms with Crippen LogP contribution in [0.3, 0.4) is 0 Å². The van der Waals surface area contributed by atoms with E-state index in [0.29, 0.717) is 19.7 Å². The molecule has 2 aromatic rings. The number of nitrogens with one attached hydrogen (secondary N) is 1. The molecule has 12 nitrogen and oxygen atoms in total. The van der Waals surface area contributed by atoms with Gasteiger partial charge in [0.1, 0.15) is 5.75 Å². The van der Waals surface area contributed by atoms with Crippen molar-refractivity contribution in [2.45, 2.75) is 42.4 Å². The van der Waals surface area contributed by atoms with Crippen molar-refractivity contribution in [3.63, 3.8) is 0 Å². The largest absolute Gasteiger partial charge is 0.494 e. The Morgan fingerprint density at radius 2 is 1.66 bits per heavy atom. The number of hydrogen-bond acceptors (Lipinski definition) is 9. The van der Waals surface area contributed by atoms with Gasteiger partial charge in [-0.05, 0) is 55.7 Å². The summed E-state index contributed by atoms with van der Waals surface area (Å²) in [6.45, 7) is 3.42. The fourth-order valence-electron chi connectivity index (χ4n) is 4.85. The van der Waals surface area contributed by atoms with Crippen LogP contribution in [-0.2, 0) is 24.8 Å². The second-order valence-electron chi connectivity index (χ2n) is 9.36. The fourth-order valence-corrected chi connectivity index (χ4v) is 8.31. The highest BCUT2D eigenvalue weighted by Gasteiger charge is 2.56. The Morgan fingerprint density at radius 1 is 1.00 bits per heavy atom. The molecule has 2 fully saturated rings. The van der Waals surface area contributed by atoms with Crippen molar-refractivity contribution in [3.05, 3.63) is 42.7 Å². The van der Waals surface area contributed by atoms with Crippen LogP contribution in [0.1, 0.15) is 32.6 Å². The molecule has 0 radical (unpaired) electrons. The molecule has 0 spiro atoms. The summed E-state index contributed by atoms with van der Waals surface area (Å²) in [6.07, 6.45) is 2.66. The summed E-state index contributed by atoms with van der Waals surface area (Å²) in [5, 5.41) is 9.17. The molecule has 2 aliphatic heterocycles. The quantitative estimate of drug-likeness (QED) is 0.247. The lowest BCUT2D eigenvalue weighted by Crippen LogP contribution is -2.63. The van der Waals surface area contributed by atoms with Crippen LogP contribution in [-0.4, -0.2) is 87.2 Å². The van der Waals surface area contributed by atoms with E-state index >= 15 is 0 Å². The van der Waals surface area contributed by atoms with Gasteiger partial charge in [0.2, 0.25) is 15.1 Å². The Morgan fingerprint density at radius 3 is 2.21 bits per heavy atom. The molecule has 1 amide bonds. The Bertz CT molecular complexity index is 1280. The van der Waals surface area contributed by atoms with E-state index in [1.807, 2.05) is 24.3 Å². The number of unbranched alkanes of at least 4 members (excludes halogenated alkanes) is 1. The number of anilines is 1. The summed E-state index contributed by atoms with van der Waals surface area (Å²) in [5.41, 5.74) is 2.44. The van der Waals surface area contributed by atoms with E-state index in [-0.39, 0.29) is 44.1 Å². The van der Waals surface area contributed by atoms with Crippen molar-refractivity contribution in [2.24, 2.45) is 0 Å². The average Bonchev–Trinajstić information content (AvgIpc) is 3.49. The number of nitrogens with zero attached hydrogens (tertiary/aromatic N) is 3. The van der Waals surface area contributed by atoms with Gasteiger partial charge in [0.15, 0.2) is 4.75 Å². The Kier molecular flexibility index (Phi) is 8.67. The van der Waals surface area contributed by atoms with Gasteiger partial charge in [0.25, 0.3) is 15.9 Å². The summed E-state index contributed by atoms with van der Waals surface area (Å²) >= 11 is 0. The summed E-state index contributed by atoms with van der Waals surface area (Å²) in [7, 11) is -8.21. The maximum atomic E-state index is 13.8. The topological polar surface area (TPSA) is 150 Å². The minimum atomic E-state index is -4.24. The number of piperazine rings is 1. The maximum absolute atomic E-state index is 13.8. The molecule has 2 aliphatic rings. The minimum Gasteiger partial charge on any atom is -0.494 e. The molecule has 1 aromatic carbocycles. The lowest BCUT2D eigenvalue weighted by Gasteiger charge is -2.43. The zero-order chi connectivity index (χ0) is 27.4. The standard InChI is InChI=1S/C24H34N4O8S2/c1-2-3-18-35-21-8-6-20(7-9-21)26-14-16-28(17-15-26)38(33,34)24(23(29)25-30)10-12-27(13-11-24)37(31,32)22-5-4-19-36-22/h4-9,19,30H,2-3,10-18H2,1H3,(H,25,29). The molecule has 4 rings (SSSR count). The average molecular weight is 571 g/mol. The molecular weight excluding hydrogens is 536 g/mol. The Balaban J connectivity index is 1.43. The first-order valence-corrected chi connectivity index (χ1v) is 15.5. The van der Waals surface area contributed by atoms with Gasteiger partial charge in [-0.25, -0.2) is 22.3 Å². The first kappa shape index (κ1) is 28.4. The molecule has 3 heterocycles. The summed E-state index contributed by atoms with van der Waals surface area (Å²) < 4.78 is 64.3. The smallest absolute Gasteiger partial charge is 0.276 e. The van der Waals surface area contributed by atoms with Crippen LogP contribution in [0.2, 0.25) is 0 Å². The molecule has 0 saturated carbocycles. The van der Waals surface area contributed by atoms with E-state index in [4.69, 9.17) is 9.15 Å². The lowest BCUT2D eigenvalue weighted by molar-refractivity contribution is -0.133. The maximum Gasteiger partial charge on any atom is 0.276 e. The minimum absolute atomic E-state index is 0.145. The molecular formula is C24H34N4O8S2.